The van der Waals surface area contributed by atoms with Gasteiger partial charge in [-0.2, -0.15) is 0 Å². The Kier molecular flexibility index (Phi) is 2.47. The van der Waals surface area contributed by atoms with Gasteiger partial charge in [0, 0.05) is 5.41 Å². The molecule has 0 aromatic heterocycles. The molecule has 4 aliphatic rings. The lowest BCUT2D eigenvalue weighted by atomic mass is 9.47. The summed E-state index contributed by atoms with van der Waals surface area (Å²) in [5.41, 5.74) is -0.963. The first-order valence-electron chi connectivity index (χ1n) is 7.93. The highest BCUT2D eigenvalue weighted by Crippen LogP contribution is 2.66. The van der Waals surface area contributed by atoms with Gasteiger partial charge in [0.15, 0.2) is 0 Å². The number of carbonyl (C=O) groups is 1. The second-order valence-electron chi connectivity index (χ2n) is 7.75. The first-order chi connectivity index (χ1) is 9.39. The third-order valence-corrected chi connectivity index (χ3v) is 7.16. The van der Waals surface area contributed by atoms with Crippen molar-refractivity contribution < 1.29 is 19.4 Å². The van der Waals surface area contributed by atoms with Crippen LogP contribution < -0.4 is 0 Å². The van der Waals surface area contributed by atoms with Crippen LogP contribution in [0.2, 0.25) is 0 Å². The molecule has 1 N–H and O–H groups in total. The minimum Gasteiger partial charge on any atom is -0.481 e. The van der Waals surface area contributed by atoms with Gasteiger partial charge in [0.1, 0.15) is 0 Å². The summed E-state index contributed by atoms with van der Waals surface area (Å²) >= 11 is 0. The molecule has 112 valence electrons. The lowest BCUT2D eigenvalue weighted by Crippen LogP contribution is -2.58. The minimum absolute atomic E-state index is 0.139. The van der Waals surface area contributed by atoms with Crippen molar-refractivity contribution in [2.45, 2.75) is 70.9 Å². The number of rotatable bonds is 2. The number of ether oxygens (including phenoxy) is 2. The maximum absolute atomic E-state index is 12.1. The van der Waals surface area contributed by atoms with E-state index in [4.69, 9.17) is 9.47 Å². The zero-order valence-electron chi connectivity index (χ0n) is 12.5. The fourth-order valence-electron chi connectivity index (χ4n) is 5.31. The van der Waals surface area contributed by atoms with Gasteiger partial charge in [-0.05, 0) is 44.4 Å². The lowest BCUT2D eigenvalue weighted by molar-refractivity contribution is -0.171. The van der Waals surface area contributed by atoms with Crippen LogP contribution in [0.15, 0.2) is 0 Å². The summed E-state index contributed by atoms with van der Waals surface area (Å²) in [5.74, 6) is -0.0861. The normalized spacial score (nSPS) is 60.4. The van der Waals surface area contributed by atoms with Crippen LogP contribution in [0, 0.1) is 22.7 Å². The predicted octanol–water partition coefficient (Wildman–Crippen LogP) is 2.46. The number of carboxylic acids is 1. The van der Waals surface area contributed by atoms with Crippen LogP contribution in [-0.2, 0) is 14.3 Å². The molecular formula is C16H24O4. The quantitative estimate of drug-likeness (QED) is 0.789. The van der Waals surface area contributed by atoms with Crippen molar-refractivity contribution >= 4 is 5.97 Å². The van der Waals surface area contributed by atoms with Crippen molar-refractivity contribution in [2.75, 3.05) is 0 Å². The summed E-state index contributed by atoms with van der Waals surface area (Å²) in [4.78, 5) is 12.1. The maximum Gasteiger partial charge on any atom is 0.310 e. The number of hydrogen-bond donors (Lipinski definition) is 1. The fourth-order valence-corrected chi connectivity index (χ4v) is 5.31. The predicted molar refractivity (Wildman–Crippen MR) is 72.3 cm³/mol. The van der Waals surface area contributed by atoms with E-state index in [-0.39, 0.29) is 17.4 Å². The molecule has 0 aromatic rings. The Morgan fingerprint density at radius 1 is 1.10 bits per heavy atom. The molecular weight excluding hydrogens is 256 g/mol. The zero-order valence-corrected chi connectivity index (χ0v) is 12.5. The van der Waals surface area contributed by atoms with E-state index in [2.05, 4.69) is 13.8 Å². The van der Waals surface area contributed by atoms with Gasteiger partial charge in [0.2, 0.25) is 0 Å². The Hall–Kier alpha value is -0.610. The molecule has 0 spiro atoms. The van der Waals surface area contributed by atoms with E-state index in [1.54, 1.807) is 0 Å². The van der Waals surface area contributed by atoms with E-state index < -0.39 is 11.4 Å². The average Bonchev–Trinajstić information content (AvgIpc) is 3.28. The summed E-state index contributed by atoms with van der Waals surface area (Å²) in [6.07, 6.45) is 5.36. The average molecular weight is 280 g/mol. The van der Waals surface area contributed by atoms with Crippen LogP contribution in [0.1, 0.15) is 46.5 Å². The first kappa shape index (κ1) is 13.1. The molecule has 2 aliphatic heterocycles. The number of carboxylic acid groups (broad SMARTS) is 1. The van der Waals surface area contributed by atoms with Crippen LogP contribution in [-0.4, -0.2) is 35.5 Å². The Morgan fingerprint density at radius 3 is 2.50 bits per heavy atom. The molecule has 20 heavy (non-hydrogen) atoms. The van der Waals surface area contributed by atoms with E-state index in [9.17, 15) is 9.90 Å². The molecule has 2 heterocycles. The van der Waals surface area contributed by atoms with Gasteiger partial charge in [-0.3, -0.25) is 4.79 Å². The van der Waals surface area contributed by atoms with Crippen molar-refractivity contribution in [1.29, 1.82) is 0 Å². The van der Waals surface area contributed by atoms with Crippen molar-refractivity contribution in [2.24, 2.45) is 22.7 Å². The van der Waals surface area contributed by atoms with E-state index in [1.165, 1.54) is 0 Å². The van der Waals surface area contributed by atoms with Crippen molar-refractivity contribution in [3.8, 4) is 0 Å². The summed E-state index contributed by atoms with van der Waals surface area (Å²) < 4.78 is 11.6. The molecule has 2 aliphatic carbocycles. The van der Waals surface area contributed by atoms with Crippen LogP contribution in [0.25, 0.3) is 0 Å². The molecule has 0 radical (unpaired) electrons. The summed E-state index contributed by atoms with van der Waals surface area (Å²) in [7, 11) is 0. The Labute approximate surface area is 119 Å². The molecule has 4 heteroatoms. The van der Waals surface area contributed by atoms with E-state index in [0.29, 0.717) is 24.2 Å². The topological polar surface area (TPSA) is 62.4 Å². The van der Waals surface area contributed by atoms with Crippen LogP contribution in [0.4, 0.5) is 0 Å². The molecule has 8 unspecified atom stereocenters. The van der Waals surface area contributed by atoms with Crippen molar-refractivity contribution in [3.05, 3.63) is 0 Å². The van der Waals surface area contributed by atoms with Crippen LogP contribution >= 0.6 is 0 Å². The van der Waals surface area contributed by atoms with Gasteiger partial charge in [-0.1, -0.05) is 13.8 Å². The van der Waals surface area contributed by atoms with Crippen LogP contribution in [0.3, 0.4) is 0 Å². The molecule has 0 aromatic carbocycles. The third-order valence-electron chi connectivity index (χ3n) is 7.16. The molecule has 4 rings (SSSR count). The molecule has 0 bridgehead atoms. The van der Waals surface area contributed by atoms with E-state index >= 15 is 0 Å². The minimum atomic E-state index is -0.697. The molecule has 4 fully saturated rings. The highest BCUT2D eigenvalue weighted by molar-refractivity contribution is 5.76. The van der Waals surface area contributed by atoms with Gasteiger partial charge in [0.05, 0.1) is 29.8 Å². The maximum atomic E-state index is 12.1. The molecule has 2 saturated heterocycles. The molecule has 8 atom stereocenters. The van der Waals surface area contributed by atoms with Crippen molar-refractivity contribution in [1.82, 2.24) is 0 Å². The largest absolute Gasteiger partial charge is 0.481 e. The van der Waals surface area contributed by atoms with Crippen LogP contribution in [0.5, 0.6) is 0 Å². The van der Waals surface area contributed by atoms with Crippen molar-refractivity contribution in [3.63, 3.8) is 0 Å². The number of hydrogen-bond acceptors (Lipinski definition) is 3. The smallest absolute Gasteiger partial charge is 0.310 e. The monoisotopic (exact) mass is 280 g/mol. The van der Waals surface area contributed by atoms with E-state index in [0.717, 1.165) is 25.7 Å². The Bertz CT molecular complexity index is 463. The number of aliphatic carboxylic acids is 1. The van der Waals surface area contributed by atoms with Gasteiger partial charge >= 0.3 is 5.97 Å². The molecule has 4 nitrogen and oxygen atoms in total. The van der Waals surface area contributed by atoms with E-state index in [1.807, 2.05) is 6.92 Å². The first-order valence-corrected chi connectivity index (χ1v) is 7.93. The number of fused-ring (bicyclic) bond motifs is 2. The lowest BCUT2D eigenvalue weighted by Gasteiger charge is -2.53. The van der Waals surface area contributed by atoms with Gasteiger partial charge in [-0.25, -0.2) is 0 Å². The number of epoxide rings is 2. The Balaban J connectivity index is 1.72. The molecule has 2 saturated carbocycles. The second-order valence-corrected chi connectivity index (χ2v) is 7.75. The summed E-state index contributed by atoms with van der Waals surface area (Å²) in [6, 6.07) is 0. The van der Waals surface area contributed by atoms with Gasteiger partial charge in [0.25, 0.3) is 0 Å². The zero-order chi connectivity index (χ0) is 14.3. The fraction of sp³-hybridized carbons (Fsp3) is 0.938. The standard InChI is InChI=1S/C16H24O4/c1-8-6-12-13(20-12)16(3,15(8,2)14(17)18)9-4-5-10-11(7-9)19-10/h8-13H,4-7H2,1-3H3,(H,17,18). The highest BCUT2D eigenvalue weighted by atomic mass is 16.6. The Morgan fingerprint density at radius 2 is 1.85 bits per heavy atom. The summed E-state index contributed by atoms with van der Waals surface area (Å²) in [5, 5.41) is 9.96. The highest BCUT2D eigenvalue weighted by Gasteiger charge is 2.72. The molecule has 0 amide bonds. The second kappa shape index (κ2) is 3.77. The summed E-state index contributed by atoms with van der Waals surface area (Å²) in [6.45, 7) is 6.22. The van der Waals surface area contributed by atoms with Gasteiger partial charge in [-0.15, -0.1) is 0 Å². The SMILES string of the molecule is CC1CC2OC2C(C)(C2CCC3OC3C2)C1(C)C(=O)O. The third kappa shape index (κ3) is 1.42. The van der Waals surface area contributed by atoms with Gasteiger partial charge < -0.3 is 14.6 Å².